The smallest absolute Gasteiger partial charge is 0.306 e. The molecule has 0 aromatic rings. The molecular formula is C15H28O5. The van der Waals surface area contributed by atoms with Crippen LogP contribution in [-0.2, 0) is 19.1 Å². The summed E-state index contributed by atoms with van der Waals surface area (Å²) >= 11 is 0. The van der Waals surface area contributed by atoms with Crippen molar-refractivity contribution in [1.29, 1.82) is 0 Å². The molecule has 0 aromatic carbocycles. The third-order valence-corrected chi connectivity index (χ3v) is 2.87. The van der Waals surface area contributed by atoms with Gasteiger partial charge in [0.2, 0.25) is 0 Å². The van der Waals surface area contributed by atoms with Crippen LogP contribution in [0.5, 0.6) is 0 Å². The van der Waals surface area contributed by atoms with Gasteiger partial charge in [-0.1, -0.05) is 39.5 Å². The Hall–Kier alpha value is -1.10. The number of unbranched alkanes of at least 4 members (excludes halogenated alkanes) is 4. The SMILES string of the molecule is CCCCCCCC(=O)OC[C@H](CO)OC(=O)CCC. The van der Waals surface area contributed by atoms with Crippen LogP contribution in [0.1, 0.15) is 65.2 Å². The van der Waals surface area contributed by atoms with E-state index in [1.165, 1.54) is 12.8 Å². The van der Waals surface area contributed by atoms with Gasteiger partial charge in [-0.05, 0) is 12.8 Å². The predicted molar refractivity (Wildman–Crippen MR) is 76.2 cm³/mol. The second kappa shape index (κ2) is 12.9. The average molecular weight is 288 g/mol. The lowest BCUT2D eigenvalue weighted by Gasteiger charge is -2.15. The Kier molecular flexibility index (Phi) is 12.2. The second-order valence-electron chi connectivity index (χ2n) is 4.89. The fourth-order valence-electron chi connectivity index (χ4n) is 1.70. The number of hydrogen-bond donors (Lipinski definition) is 1. The van der Waals surface area contributed by atoms with Crippen molar-refractivity contribution in [1.82, 2.24) is 0 Å². The molecule has 0 radical (unpaired) electrons. The molecular weight excluding hydrogens is 260 g/mol. The molecule has 0 rings (SSSR count). The zero-order chi connectivity index (χ0) is 15.2. The Morgan fingerprint density at radius 2 is 1.65 bits per heavy atom. The predicted octanol–water partition coefficient (Wildman–Crippen LogP) is 2.59. The van der Waals surface area contributed by atoms with Gasteiger partial charge in [0.25, 0.3) is 0 Å². The van der Waals surface area contributed by atoms with Gasteiger partial charge in [-0.3, -0.25) is 9.59 Å². The van der Waals surface area contributed by atoms with E-state index in [9.17, 15) is 9.59 Å². The van der Waals surface area contributed by atoms with Crippen LogP contribution >= 0.6 is 0 Å². The number of aliphatic hydroxyl groups is 1. The lowest BCUT2D eigenvalue weighted by atomic mass is 10.1. The van der Waals surface area contributed by atoms with Gasteiger partial charge in [-0.15, -0.1) is 0 Å². The first-order chi connectivity index (χ1) is 9.63. The Morgan fingerprint density at radius 1 is 0.950 bits per heavy atom. The Bertz CT molecular complexity index is 265. The summed E-state index contributed by atoms with van der Waals surface area (Å²) in [6, 6.07) is 0. The molecule has 0 saturated carbocycles. The lowest BCUT2D eigenvalue weighted by Crippen LogP contribution is -2.28. The molecule has 118 valence electrons. The first kappa shape index (κ1) is 18.9. The van der Waals surface area contributed by atoms with Crippen LogP contribution in [-0.4, -0.2) is 36.4 Å². The topological polar surface area (TPSA) is 72.8 Å². The van der Waals surface area contributed by atoms with Crippen molar-refractivity contribution >= 4 is 11.9 Å². The monoisotopic (exact) mass is 288 g/mol. The van der Waals surface area contributed by atoms with E-state index in [1.54, 1.807) is 0 Å². The number of ether oxygens (including phenoxy) is 2. The van der Waals surface area contributed by atoms with Crippen LogP contribution < -0.4 is 0 Å². The largest absolute Gasteiger partial charge is 0.462 e. The fourth-order valence-corrected chi connectivity index (χ4v) is 1.70. The number of carbonyl (C=O) groups excluding carboxylic acids is 2. The molecule has 0 aromatic heterocycles. The summed E-state index contributed by atoms with van der Waals surface area (Å²) in [5.74, 6) is -0.673. The first-order valence-corrected chi connectivity index (χ1v) is 7.59. The summed E-state index contributed by atoms with van der Waals surface area (Å²) in [5, 5.41) is 9.06. The van der Waals surface area contributed by atoms with E-state index in [2.05, 4.69) is 6.92 Å². The van der Waals surface area contributed by atoms with Crippen molar-refractivity contribution < 1.29 is 24.2 Å². The molecule has 1 atom stereocenters. The highest BCUT2D eigenvalue weighted by molar-refractivity contribution is 5.70. The molecule has 0 fully saturated rings. The van der Waals surface area contributed by atoms with Gasteiger partial charge >= 0.3 is 11.9 Å². The number of aliphatic hydroxyl groups excluding tert-OH is 1. The minimum absolute atomic E-state index is 0.0697. The van der Waals surface area contributed by atoms with Gasteiger partial charge in [0.15, 0.2) is 6.10 Å². The highest BCUT2D eigenvalue weighted by Gasteiger charge is 2.15. The molecule has 0 bridgehead atoms. The number of hydrogen-bond acceptors (Lipinski definition) is 5. The van der Waals surface area contributed by atoms with Crippen LogP contribution in [0.4, 0.5) is 0 Å². The van der Waals surface area contributed by atoms with Crippen LogP contribution in [0, 0.1) is 0 Å². The molecule has 0 aliphatic heterocycles. The number of rotatable bonds is 12. The Balaban J connectivity index is 3.70. The van der Waals surface area contributed by atoms with E-state index < -0.39 is 6.10 Å². The highest BCUT2D eigenvalue weighted by Crippen LogP contribution is 2.06. The van der Waals surface area contributed by atoms with Crippen LogP contribution in [0.3, 0.4) is 0 Å². The lowest BCUT2D eigenvalue weighted by molar-refractivity contribution is -0.161. The summed E-state index contributed by atoms with van der Waals surface area (Å²) in [6.45, 7) is 3.61. The summed E-state index contributed by atoms with van der Waals surface area (Å²) in [6.07, 6.45) is 5.97. The minimum Gasteiger partial charge on any atom is -0.462 e. The molecule has 0 aliphatic carbocycles. The Labute approximate surface area is 121 Å². The van der Waals surface area contributed by atoms with E-state index in [0.717, 1.165) is 19.3 Å². The molecule has 0 aliphatic rings. The normalized spacial score (nSPS) is 11.9. The maximum Gasteiger partial charge on any atom is 0.306 e. The maximum absolute atomic E-state index is 11.5. The van der Waals surface area contributed by atoms with Crippen LogP contribution in [0.2, 0.25) is 0 Å². The van der Waals surface area contributed by atoms with Crippen molar-refractivity contribution in [2.45, 2.75) is 71.3 Å². The van der Waals surface area contributed by atoms with Crippen molar-refractivity contribution in [3.63, 3.8) is 0 Å². The average Bonchev–Trinajstić information content (AvgIpc) is 2.43. The molecule has 5 heteroatoms. The van der Waals surface area contributed by atoms with Crippen LogP contribution in [0.25, 0.3) is 0 Å². The summed E-state index contributed by atoms with van der Waals surface area (Å²) in [4.78, 5) is 22.7. The molecule has 0 unspecified atom stereocenters. The Morgan fingerprint density at radius 3 is 2.25 bits per heavy atom. The molecule has 20 heavy (non-hydrogen) atoms. The summed E-state index contributed by atoms with van der Waals surface area (Å²) in [7, 11) is 0. The number of esters is 2. The zero-order valence-electron chi connectivity index (χ0n) is 12.7. The van der Waals surface area contributed by atoms with E-state index in [0.29, 0.717) is 19.3 Å². The third kappa shape index (κ3) is 10.8. The van der Waals surface area contributed by atoms with Crippen molar-refractivity contribution in [3.8, 4) is 0 Å². The van der Waals surface area contributed by atoms with Gasteiger partial charge in [0, 0.05) is 12.8 Å². The van der Waals surface area contributed by atoms with Crippen molar-refractivity contribution in [3.05, 3.63) is 0 Å². The second-order valence-corrected chi connectivity index (χ2v) is 4.89. The quantitative estimate of drug-likeness (QED) is 0.441. The molecule has 0 amide bonds. The van der Waals surface area contributed by atoms with E-state index in [-0.39, 0.29) is 25.2 Å². The van der Waals surface area contributed by atoms with E-state index in [4.69, 9.17) is 14.6 Å². The molecule has 5 nitrogen and oxygen atoms in total. The first-order valence-electron chi connectivity index (χ1n) is 7.59. The van der Waals surface area contributed by atoms with Gasteiger partial charge in [-0.2, -0.15) is 0 Å². The number of carbonyl (C=O) groups is 2. The third-order valence-electron chi connectivity index (χ3n) is 2.87. The van der Waals surface area contributed by atoms with Gasteiger partial charge in [-0.25, -0.2) is 0 Å². The standard InChI is InChI=1S/C15H28O5/c1-3-5-6-7-8-10-14(17)19-12-13(11-16)20-15(18)9-4-2/h13,16H,3-12H2,1-2H3/t13-/m0/s1. The summed E-state index contributed by atoms with van der Waals surface area (Å²) < 4.78 is 9.99. The van der Waals surface area contributed by atoms with E-state index in [1.807, 2.05) is 6.92 Å². The fraction of sp³-hybridized carbons (Fsp3) is 0.867. The van der Waals surface area contributed by atoms with E-state index >= 15 is 0 Å². The molecule has 0 spiro atoms. The maximum atomic E-state index is 11.5. The van der Waals surface area contributed by atoms with Crippen LogP contribution in [0.15, 0.2) is 0 Å². The molecule has 1 N–H and O–H groups in total. The van der Waals surface area contributed by atoms with Gasteiger partial charge in [0.05, 0.1) is 6.61 Å². The van der Waals surface area contributed by atoms with Crippen molar-refractivity contribution in [2.24, 2.45) is 0 Å². The minimum atomic E-state index is -0.752. The molecule has 0 saturated heterocycles. The molecule has 0 heterocycles. The van der Waals surface area contributed by atoms with Gasteiger partial charge < -0.3 is 14.6 Å². The zero-order valence-corrected chi connectivity index (χ0v) is 12.7. The van der Waals surface area contributed by atoms with Crippen molar-refractivity contribution in [2.75, 3.05) is 13.2 Å². The van der Waals surface area contributed by atoms with Gasteiger partial charge in [0.1, 0.15) is 6.61 Å². The highest BCUT2D eigenvalue weighted by atomic mass is 16.6. The summed E-state index contributed by atoms with van der Waals surface area (Å²) in [5.41, 5.74) is 0.